The second-order valence-electron chi connectivity index (χ2n) is 5.14. The minimum Gasteiger partial charge on any atom is -0.342 e. The molecule has 1 amide bonds. The molecule has 0 saturated carbocycles. The van der Waals surface area contributed by atoms with Crippen molar-refractivity contribution in [1.29, 1.82) is 0 Å². The Labute approximate surface area is 114 Å². The number of hydrogen-bond acceptors (Lipinski definition) is 2. The topological polar surface area (TPSA) is 20.3 Å². The fourth-order valence-corrected chi connectivity index (χ4v) is 3.27. The molecule has 0 bridgehead atoms. The third kappa shape index (κ3) is 3.29. The van der Waals surface area contributed by atoms with Crippen molar-refractivity contribution in [2.24, 2.45) is 5.92 Å². The van der Waals surface area contributed by atoms with Gasteiger partial charge in [0.1, 0.15) is 0 Å². The van der Waals surface area contributed by atoms with Gasteiger partial charge in [-0.15, -0.1) is 11.8 Å². The van der Waals surface area contributed by atoms with Gasteiger partial charge in [-0.05, 0) is 17.9 Å². The quantitative estimate of drug-likeness (QED) is 0.813. The van der Waals surface area contributed by atoms with E-state index in [0.29, 0.717) is 11.8 Å². The van der Waals surface area contributed by atoms with Crippen LogP contribution in [0.3, 0.4) is 0 Å². The fraction of sp³-hybridized carbons (Fsp3) is 0.533. The second kappa shape index (κ2) is 6.28. The van der Waals surface area contributed by atoms with Crippen LogP contribution in [-0.4, -0.2) is 29.1 Å². The number of carbonyl (C=O) groups is 1. The predicted octanol–water partition coefficient (Wildman–Crippen LogP) is 3.18. The summed E-state index contributed by atoms with van der Waals surface area (Å²) in [7, 11) is 0. The Morgan fingerprint density at radius 2 is 1.94 bits per heavy atom. The summed E-state index contributed by atoms with van der Waals surface area (Å²) in [6.45, 7) is 6.18. The lowest BCUT2D eigenvalue weighted by Crippen LogP contribution is -2.47. The first-order chi connectivity index (χ1) is 8.68. The first-order valence-corrected chi connectivity index (χ1v) is 7.67. The van der Waals surface area contributed by atoms with Crippen molar-refractivity contribution in [3.8, 4) is 0 Å². The van der Waals surface area contributed by atoms with Gasteiger partial charge in [-0.2, -0.15) is 0 Å². The summed E-state index contributed by atoms with van der Waals surface area (Å²) >= 11 is 1.78. The molecule has 0 spiro atoms. The highest BCUT2D eigenvalue weighted by Crippen LogP contribution is 2.27. The van der Waals surface area contributed by atoms with E-state index in [9.17, 15) is 4.79 Å². The molecule has 0 aliphatic carbocycles. The van der Waals surface area contributed by atoms with Gasteiger partial charge in [0.25, 0.3) is 0 Å². The Bertz CT molecular complexity index is 387. The highest BCUT2D eigenvalue weighted by atomic mass is 32.2. The van der Waals surface area contributed by atoms with Gasteiger partial charge in [0.15, 0.2) is 0 Å². The van der Waals surface area contributed by atoms with Gasteiger partial charge in [-0.1, -0.05) is 44.2 Å². The van der Waals surface area contributed by atoms with E-state index in [2.05, 4.69) is 38.1 Å². The summed E-state index contributed by atoms with van der Waals surface area (Å²) in [6, 6.07) is 10.4. The summed E-state index contributed by atoms with van der Waals surface area (Å²) in [6.07, 6.45) is 1.17. The average Bonchev–Trinajstić information content (AvgIpc) is 2.28. The van der Waals surface area contributed by atoms with E-state index in [0.717, 1.165) is 18.8 Å². The monoisotopic (exact) mass is 263 g/mol. The van der Waals surface area contributed by atoms with Crippen LogP contribution in [0.4, 0.5) is 0 Å². The number of thioether (sulfide) groups is 1. The van der Waals surface area contributed by atoms with Crippen LogP contribution in [0.25, 0.3) is 0 Å². The molecule has 1 heterocycles. The van der Waals surface area contributed by atoms with Gasteiger partial charge in [-0.25, -0.2) is 0 Å². The smallest absolute Gasteiger partial charge is 0.235 e. The molecule has 2 nitrogen and oxygen atoms in total. The maximum absolute atomic E-state index is 12.3. The van der Waals surface area contributed by atoms with Crippen LogP contribution in [0.15, 0.2) is 30.3 Å². The largest absolute Gasteiger partial charge is 0.342 e. The summed E-state index contributed by atoms with van der Waals surface area (Å²) in [5.41, 5.74) is 1.30. The van der Waals surface area contributed by atoms with Crippen LogP contribution in [0.1, 0.15) is 25.8 Å². The molecule has 2 rings (SSSR count). The van der Waals surface area contributed by atoms with E-state index in [1.807, 2.05) is 11.0 Å². The predicted molar refractivity (Wildman–Crippen MR) is 77.6 cm³/mol. The van der Waals surface area contributed by atoms with Crippen LogP contribution in [0.2, 0.25) is 0 Å². The molecule has 1 aliphatic rings. The van der Waals surface area contributed by atoms with Crippen molar-refractivity contribution < 1.29 is 4.79 Å². The third-order valence-corrected chi connectivity index (χ3v) is 4.89. The molecule has 0 aromatic heterocycles. The lowest BCUT2D eigenvalue weighted by molar-refractivity contribution is -0.134. The number of amides is 1. The Morgan fingerprint density at radius 3 is 2.44 bits per heavy atom. The molecule has 1 aliphatic heterocycles. The van der Waals surface area contributed by atoms with Crippen LogP contribution in [0, 0.1) is 5.92 Å². The lowest BCUT2D eigenvalue weighted by atomic mass is 10.1. The van der Waals surface area contributed by atoms with Gasteiger partial charge in [0, 0.05) is 18.8 Å². The first-order valence-electron chi connectivity index (χ1n) is 6.63. The van der Waals surface area contributed by atoms with Crippen molar-refractivity contribution in [2.45, 2.75) is 31.3 Å². The molecule has 0 radical (unpaired) electrons. The lowest BCUT2D eigenvalue weighted by Gasteiger charge is -2.35. The average molecular weight is 263 g/mol. The van der Waals surface area contributed by atoms with Crippen LogP contribution in [0.5, 0.6) is 0 Å². The summed E-state index contributed by atoms with van der Waals surface area (Å²) in [5.74, 6) is 1.65. The summed E-state index contributed by atoms with van der Waals surface area (Å²) in [5, 5.41) is 0.102. The number of carbonyl (C=O) groups excluding carboxylic acids is 1. The van der Waals surface area contributed by atoms with E-state index in [1.54, 1.807) is 11.8 Å². The Morgan fingerprint density at radius 1 is 1.28 bits per heavy atom. The maximum atomic E-state index is 12.3. The van der Waals surface area contributed by atoms with Crippen molar-refractivity contribution in [1.82, 2.24) is 4.90 Å². The zero-order chi connectivity index (χ0) is 13.0. The van der Waals surface area contributed by atoms with E-state index in [4.69, 9.17) is 0 Å². The van der Waals surface area contributed by atoms with Crippen molar-refractivity contribution >= 4 is 17.7 Å². The van der Waals surface area contributed by atoms with Crippen LogP contribution in [-0.2, 0) is 10.5 Å². The van der Waals surface area contributed by atoms with Gasteiger partial charge >= 0.3 is 0 Å². The molecule has 0 N–H and O–H groups in total. The van der Waals surface area contributed by atoms with E-state index >= 15 is 0 Å². The molecule has 3 heteroatoms. The molecule has 1 aromatic rings. The normalized spacial score (nSPS) is 16.5. The standard InChI is InChI=1S/C15H21NOS/c1-12(2)14(15(17)16-9-6-10-16)18-11-13-7-4-3-5-8-13/h3-5,7-8,12,14H,6,9-11H2,1-2H3. The number of nitrogens with zero attached hydrogens (tertiary/aromatic N) is 1. The molecular formula is C15H21NOS. The third-order valence-electron chi connectivity index (χ3n) is 3.29. The maximum Gasteiger partial charge on any atom is 0.235 e. The van der Waals surface area contributed by atoms with E-state index < -0.39 is 0 Å². The minimum atomic E-state index is 0.102. The minimum absolute atomic E-state index is 0.102. The Balaban J connectivity index is 1.92. The number of likely N-dealkylation sites (tertiary alicyclic amines) is 1. The number of benzene rings is 1. The molecule has 98 valence electrons. The first kappa shape index (κ1) is 13.5. The Kier molecular flexibility index (Phi) is 4.70. The van der Waals surface area contributed by atoms with E-state index in [1.165, 1.54) is 12.0 Å². The van der Waals surface area contributed by atoms with Crippen LogP contribution >= 0.6 is 11.8 Å². The van der Waals surface area contributed by atoms with Gasteiger partial charge < -0.3 is 4.90 Å². The number of rotatable bonds is 5. The van der Waals surface area contributed by atoms with Crippen molar-refractivity contribution in [3.05, 3.63) is 35.9 Å². The van der Waals surface area contributed by atoms with Gasteiger partial charge in [0.05, 0.1) is 5.25 Å². The molecule has 1 aromatic carbocycles. The molecule has 1 atom stereocenters. The molecule has 1 unspecified atom stereocenters. The van der Waals surface area contributed by atoms with Gasteiger partial charge in [-0.3, -0.25) is 4.79 Å². The highest BCUT2D eigenvalue weighted by Gasteiger charge is 2.30. The van der Waals surface area contributed by atoms with Gasteiger partial charge in [0.2, 0.25) is 5.91 Å². The molecular weight excluding hydrogens is 242 g/mol. The summed E-state index contributed by atoms with van der Waals surface area (Å²) in [4.78, 5) is 14.3. The second-order valence-corrected chi connectivity index (χ2v) is 6.27. The van der Waals surface area contributed by atoms with Crippen LogP contribution < -0.4 is 0 Å². The van der Waals surface area contributed by atoms with Crippen molar-refractivity contribution in [2.75, 3.05) is 13.1 Å². The van der Waals surface area contributed by atoms with Crippen molar-refractivity contribution in [3.63, 3.8) is 0 Å². The van der Waals surface area contributed by atoms with E-state index in [-0.39, 0.29) is 5.25 Å². The Hall–Kier alpha value is -0.960. The SMILES string of the molecule is CC(C)C(SCc1ccccc1)C(=O)N1CCC1. The number of hydrogen-bond donors (Lipinski definition) is 0. The zero-order valence-corrected chi connectivity index (χ0v) is 12.0. The zero-order valence-electron chi connectivity index (χ0n) is 11.1. The molecule has 18 heavy (non-hydrogen) atoms. The molecule has 1 saturated heterocycles. The fourth-order valence-electron chi connectivity index (χ4n) is 2.03. The highest BCUT2D eigenvalue weighted by molar-refractivity contribution is 7.99. The molecule has 1 fully saturated rings. The summed E-state index contributed by atoms with van der Waals surface area (Å²) < 4.78 is 0.